The molecule has 2 N–H and O–H groups in total. The number of aromatic amines is 1. The first-order chi connectivity index (χ1) is 8.97. The predicted octanol–water partition coefficient (Wildman–Crippen LogP) is 1.60. The first-order valence-electron chi connectivity index (χ1n) is 5.60. The molecule has 19 heavy (non-hydrogen) atoms. The predicted molar refractivity (Wildman–Crippen MR) is 75.6 cm³/mol. The highest BCUT2D eigenvalue weighted by molar-refractivity contribution is 9.10. The molecular weight excluding hydrogens is 314 g/mol. The van der Waals surface area contributed by atoms with Crippen LogP contribution in [0.5, 0.6) is 0 Å². The van der Waals surface area contributed by atoms with Crippen LogP contribution in [0.1, 0.15) is 6.42 Å². The van der Waals surface area contributed by atoms with E-state index in [1.165, 1.54) is 0 Å². The minimum atomic E-state index is -0.890. The number of nitrogens with one attached hydrogen (secondary N) is 1. The number of H-pyrrole nitrogens is 1. The fourth-order valence-corrected chi connectivity index (χ4v) is 2.01. The molecule has 2 aromatic rings. The average molecular weight is 326 g/mol. The van der Waals surface area contributed by atoms with E-state index in [1.807, 2.05) is 0 Å². The molecule has 1 aromatic carbocycles. The van der Waals surface area contributed by atoms with Crippen molar-refractivity contribution in [3.05, 3.63) is 33.0 Å². The molecule has 0 spiro atoms. The van der Waals surface area contributed by atoms with E-state index in [0.29, 0.717) is 16.9 Å². The molecule has 1 heterocycles. The molecule has 7 heteroatoms. The Bertz CT molecular complexity index is 683. The van der Waals surface area contributed by atoms with E-state index in [0.717, 1.165) is 4.47 Å². The second-order valence-electron chi connectivity index (χ2n) is 4.12. The summed E-state index contributed by atoms with van der Waals surface area (Å²) < 4.78 is 0.805. The van der Waals surface area contributed by atoms with E-state index in [9.17, 15) is 9.59 Å². The molecule has 0 aliphatic carbocycles. The minimum absolute atomic E-state index is 0.0153. The molecular formula is C12H12BrN3O3. The number of aliphatic carboxylic acids is 1. The van der Waals surface area contributed by atoms with Crippen molar-refractivity contribution in [2.45, 2.75) is 6.42 Å². The molecule has 0 bridgehead atoms. The van der Waals surface area contributed by atoms with Gasteiger partial charge in [-0.1, -0.05) is 15.9 Å². The van der Waals surface area contributed by atoms with E-state index < -0.39 is 5.97 Å². The molecule has 1 aromatic heterocycles. The first-order valence-corrected chi connectivity index (χ1v) is 6.39. The van der Waals surface area contributed by atoms with Crippen LogP contribution in [-0.4, -0.2) is 34.6 Å². The third-order valence-corrected chi connectivity index (χ3v) is 3.17. The van der Waals surface area contributed by atoms with Crippen molar-refractivity contribution in [3.63, 3.8) is 0 Å². The number of nitrogens with zero attached hydrogens (tertiary/aromatic N) is 2. The number of hydrogen-bond acceptors (Lipinski definition) is 4. The highest BCUT2D eigenvalue weighted by Gasteiger charge is 2.09. The van der Waals surface area contributed by atoms with Crippen molar-refractivity contribution in [2.24, 2.45) is 0 Å². The normalized spacial score (nSPS) is 10.6. The van der Waals surface area contributed by atoms with Gasteiger partial charge < -0.3 is 10.0 Å². The summed E-state index contributed by atoms with van der Waals surface area (Å²) in [7, 11) is 1.69. The third-order valence-electron chi connectivity index (χ3n) is 2.68. The summed E-state index contributed by atoms with van der Waals surface area (Å²) in [6, 6.07) is 5.24. The van der Waals surface area contributed by atoms with Crippen molar-refractivity contribution in [3.8, 4) is 0 Å². The molecule has 0 fully saturated rings. The Morgan fingerprint density at radius 2 is 2.26 bits per heavy atom. The van der Waals surface area contributed by atoms with Crippen LogP contribution in [0.3, 0.4) is 0 Å². The quantitative estimate of drug-likeness (QED) is 0.891. The average Bonchev–Trinajstić information content (AvgIpc) is 2.36. The molecule has 0 saturated carbocycles. The second-order valence-corrected chi connectivity index (χ2v) is 5.03. The van der Waals surface area contributed by atoms with E-state index in [-0.39, 0.29) is 18.5 Å². The fraction of sp³-hybridized carbons (Fsp3) is 0.250. The Morgan fingerprint density at radius 3 is 2.95 bits per heavy atom. The van der Waals surface area contributed by atoms with Crippen molar-refractivity contribution in [1.82, 2.24) is 9.97 Å². The van der Waals surface area contributed by atoms with Gasteiger partial charge in [-0.15, -0.1) is 0 Å². The Balaban J connectivity index is 2.38. The summed E-state index contributed by atoms with van der Waals surface area (Å²) in [5, 5.41) is 9.13. The summed E-state index contributed by atoms with van der Waals surface area (Å²) in [6.45, 7) is 0.278. The lowest BCUT2D eigenvalue weighted by atomic mass is 10.2. The zero-order valence-electron chi connectivity index (χ0n) is 10.2. The maximum absolute atomic E-state index is 11.9. The second kappa shape index (κ2) is 5.40. The number of halogens is 1. The monoisotopic (exact) mass is 325 g/mol. The van der Waals surface area contributed by atoms with Crippen molar-refractivity contribution in [1.29, 1.82) is 0 Å². The van der Waals surface area contributed by atoms with E-state index >= 15 is 0 Å². The van der Waals surface area contributed by atoms with Crippen LogP contribution in [0, 0.1) is 0 Å². The number of carboxylic acid groups (broad SMARTS) is 1. The lowest BCUT2D eigenvalue weighted by molar-refractivity contribution is -0.136. The Morgan fingerprint density at radius 1 is 1.53 bits per heavy atom. The van der Waals surface area contributed by atoms with Crippen molar-refractivity contribution >= 4 is 38.8 Å². The van der Waals surface area contributed by atoms with Gasteiger partial charge in [0, 0.05) is 18.1 Å². The Hall–Kier alpha value is -1.89. The van der Waals surface area contributed by atoms with Crippen LogP contribution in [0.2, 0.25) is 0 Å². The molecule has 6 nitrogen and oxygen atoms in total. The maximum Gasteiger partial charge on any atom is 0.305 e. The first kappa shape index (κ1) is 13.5. The molecule has 0 unspecified atom stereocenters. The van der Waals surface area contributed by atoms with Crippen LogP contribution in [0.15, 0.2) is 27.5 Å². The zero-order chi connectivity index (χ0) is 14.0. The van der Waals surface area contributed by atoms with Crippen LogP contribution in [0.4, 0.5) is 5.95 Å². The number of aromatic nitrogens is 2. The number of hydrogen-bond donors (Lipinski definition) is 2. The smallest absolute Gasteiger partial charge is 0.305 e. The van der Waals surface area contributed by atoms with Gasteiger partial charge in [-0.25, -0.2) is 4.98 Å². The van der Waals surface area contributed by atoms with Crippen LogP contribution < -0.4 is 10.5 Å². The lowest BCUT2D eigenvalue weighted by Gasteiger charge is -2.16. The van der Waals surface area contributed by atoms with Gasteiger partial charge >= 0.3 is 5.97 Å². The summed E-state index contributed by atoms with van der Waals surface area (Å²) in [5.41, 5.74) is 0.326. The number of rotatable bonds is 4. The molecule has 0 aliphatic rings. The zero-order valence-corrected chi connectivity index (χ0v) is 11.8. The number of carboxylic acids is 1. The van der Waals surface area contributed by atoms with Crippen molar-refractivity contribution < 1.29 is 9.90 Å². The fourth-order valence-electron chi connectivity index (χ4n) is 1.65. The van der Waals surface area contributed by atoms with Gasteiger partial charge in [0.1, 0.15) is 0 Å². The summed E-state index contributed by atoms with van der Waals surface area (Å²) in [4.78, 5) is 31.0. The van der Waals surface area contributed by atoms with Crippen LogP contribution >= 0.6 is 15.9 Å². The van der Waals surface area contributed by atoms with Gasteiger partial charge in [0.15, 0.2) is 0 Å². The topological polar surface area (TPSA) is 86.3 Å². The number of benzene rings is 1. The van der Waals surface area contributed by atoms with E-state index in [2.05, 4.69) is 25.9 Å². The maximum atomic E-state index is 11.9. The molecule has 0 atom stereocenters. The van der Waals surface area contributed by atoms with Gasteiger partial charge in [0.25, 0.3) is 5.56 Å². The van der Waals surface area contributed by atoms with Gasteiger partial charge in [-0.05, 0) is 18.2 Å². The van der Waals surface area contributed by atoms with Crippen LogP contribution in [0.25, 0.3) is 10.9 Å². The van der Waals surface area contributed by atoms with Crippen molar-refractivity contribution in [2.75, 3.05) is 18.5 Å². The van der Waals surface area contributed by atoms with Crippen LogP contribution in [-0.2, 0) is 4.79 Å². The third kappa shape index (κ3) is 3.11. The number of fused-ring (bicyclic) bond motifs is 1. The van der Waals surface area contributed by atoms with Gasteiger partial charge in [0.2, 0.25) is 5.95 Å². The Kier molecular flexibility index (Phi) is 3.84. The SMILES string of the molecule is CN(CCC(=O)O)c1nc2ccc(Br)cc2c(=O)[nH]1. The highest BCUT2D eigenvalue weighted by atomic mass is 79.9. The summed E-state index contributed by atoms with van der Waals surface area (Å²) in [6.07, 6.45) is -0.0153. The Labute approximate surface area is 117 Å². The molecule has 0 amide bonds. The van der Waals surface area contributed by atoms with Gasteiger partial charge in [-0.3, -0.25) is 14.6 Å². The molecule has 2 rings (SSSR count). The lowest BCUT2D eigenvalue weighted by Crippen LogP contribution is -2.25. The number of anilines is 1. The van der Waals surface area contributed by atoms with Gasteiger partial charge in [0.05, 0.1) is 17.3 Å². The largest absolute Gasteiger partial charge is 0.481 e. The summed E-state index contributed by atoms with van der Waals surface area (Å²) >= 11 is 3.30. The number of carbonyl (C=O) groups is 1. The molecule has 0 aliphatic heterocycles. The highest BCUT2D eigenvalue weighted by Crippen LogP contribution is 2.16. The van der Waals surface area contributed by atoms with Gasteiger partial charge in [-0.2, -0.15) is 0 Å². The van der Waals surface area contributed by atoms with E-state index in [1.54, 1.807) is 30.1 Å². The summed E-state index contributed by atoms with van der Waals surface area (Å²) in [5.74, 6) is -0.528. The molecule has 100 valence electrons. The minimum Gasteiger partial charge on any atom is -0.481 e. The molecule has 0 radical (unpaired) electrons. The van der Waals surface area contributed by atoms with E-state index in [4.69, 9.17) is 5.11 Å². The molecule has 0 saturated heterocycles. The standard InChI is InChI=1S/C12H12BrN3O3/c1-16(5-4-10(17)18)12-14-9-3-2-7(13)6-8(9)11(19)15-12/h2-3,6H,4-5H2,1H3,(H,17,18)(H,14,15,19).